The van der Waals surface area contributed by atoms with Gasteiger partial charge in [-0.3, -0.25) is 4.99 Å². The number of thioether (sulfide) groups is 1. The van der Waals surface area contributed by atoms with Gasteiger partial charge in [0.05, 0.1) is 24.1 Å². The Labute approximate surface area is 112 Å². The second-order valence-electron chi connectivity index (χ2n) is 5.13. The number of guanidine groups is 1. The van der Waals surface area contributed by atoms with Crippen molar-refractivity contribution in [1.29, 1.82) is 0 Å². The van der Waals surface area contributed by atoms with Crippen LogP contribution in [-0.2, 0) is 5.75 Å². The van der Waals surface area contributed by atoms with Crippen LogP contribution in [0.2, 0.25) is 0 Å². The van der Waals surface area contributed by atoms with E-state index in [4.69, 9.17) is 0 Å². The fourth-order valence-corrected chi connectivity index (χ4v) is 2.59. The van der Waals surface area contributed by atoms with Gasteiger partial charge in [0.2, 0.25) is 0 Å². The summed E-state index contributed by atoms with van der Waals surface area (Å²) >= 11 is 1.88. The first-order valence-corrected chi connectivity index (χ1v) is 7.35. The van der Waals surface area contributed by atoms with Gasteiger partial charge in [-0.15, -0.1) is 0 Å². The Morgan fingerprint density at radius 2 is 2.33 bits per heavy atom. The molecule has 0 aromatic carbocycles. The third-order valence-corrected chi connectivity index (χ3v) is 3.77. The highest BCUT2D eigenvalue weighted by molar-refractivity contribution is 7.98. The molecule has 1 aliphatic rings. The lowest BCUT2D eigenvalue weighted by molar-refractivity contribution is 0.502. The molecule has 1 aliphatic heterocycles. The van der Waals surface area contributed by atoms with Crippen LogP contribution >= 0.6 is 11.8 Å². The van der Waals surface area contributed by atoms with Crippen LogP contribution in [0.25, 0.3) is 0 Å². The Morgan fingerprint density at radius 3 is 2.94 bits per heavy atom. The maximum Gasteiger partial charge on any atom is 0.191 e. The first kappa shape index (κ1) is 13.3. The molecule has 1 aromatic heterocycles. The zero-order valence-electron chi connectivity index (χ0n) is 11.2. The first-order valence-electron chi connectivity index (χ1n) is 6.20. The third kappa shape index (κ3) is 3.66. The van der Waals surface area contributed by atoms with Gasteiger partial charge in [0.1, 0.15) is 0 Å². The Balaban J connectivity index is 1.59. The van der Waals surface area contributed by atoms with Crippen LogP contribution in [0, 0.1) is 6.92 Å². The minimum Gasteiger partial charge on any atom is -0.356 e. The summed E-state index contributed by atoms with van der Waals surface area (Å²) < 4.78 is 0. The molecular weight excluding hydrogens is 246 g/mol. The van der Waals surface area contributed by atoms with Gasteiger partial charge in [0.15, 0.2) is 5.96 Å². The maximum atomic E-state index is 4.42. The van der Waals surface area contributed by atoms with Crippen LogP contribution in [0.3, 0.4) is 0 Å². The number of H-pyrrole nitrogens is 1. The second kappa shape index (κ2) is 5.65. The number of aromatic amines is 1. The molecule has 1 aromatic rings. The van der Waals surface area contributed by atoms with Gasteiger partial charge in [0.25, 0.3) is 0 Å². The van der Waals surface area contributed by atoms with Gasteiger partial charge in [-0.05, 0) is 20.8 Å². The number of imidazole rings is 1. The van der Waals surface area contributed by atoms with E-state index in [1.54, 1.807) is 6.33 Å². The Kier molecular flexibility index (Phi) is 4.16. The van der Waals surface area contributed by atoms with Gasteiger partial charge < -0.3 is 15.6 Å². The van der Waals surface area contributed by atoms with E-state index in [1.165, 1.54) is 5.69 Å². The fourth-order valence-electron chi connectivity index (χ4n) is 1.72. The van der Waals surface area contributed by atoms with E-state index >= 15 is 0 Å². The molecule has 0 saturated heterocycles. The van der Waals surface area contributed by atoms with E-state index in [-0.39, 0.29) is 5.54 Å². The molecule has 5 nitrogen and oxygen atoms in total. The topological polar surface area (TPSA) is 65.1 Å². The molecule has 6 heteroatoms. The van der Waals surface area contributed by atoms with Gasteiger partial charge in [0, 0.05) is 23.7 Å². The van der Waals surface area contributed by atoms with E-state index in [9.17, 15) is 0 Å². The fraction of sp³-hybridized carbons (Fsp3) is 0.667. The Bertz CT molecular complexity index is 424. The van der Waals surface area contributed by atoms with Crippen LogP contribution < -0.4 is 10.6 Å². The number of rotatable bonds is 5. The molecule has 0 unspecified atom stereocenters. The lowest BCUT2D eigenvalue weighted by Crippen LogP contribution is -2.45. The van der Waals surface area contributed by atoms with E-state index in [0.29, 0.717) is 0 Å². The monoisotopic (exact) mass is 267 g/mol. The molecule has 0 aliphatic carbocycles. The smallest absolute Gasteiger partial charge is 0.191 e. The minimum absolute atomic E-state index is 0.0988. The highest BCUT2D eigenvalue weighted by Gasteiger charge is 2.24. The van der Waals surface area contributed by atoms with Gasteiger partial charge >= 0.3 is 0 Å². The number of aryl methyl sites for hydroxylation is 1. The Hall–Kier alpha value is -1.17. The van der Waals surface area contributed by atoms with Crippen LogP contribution in [0.1, 0.15) is 25.2 Å². The molecule has 100 valence electrons. The quantitative estimate of drug-likeness (QED) is 0.703. The lowest BCUT2D eigenvalue weighted by atomic mass is 10.1. The third-order valence-electron chi connectivity index (χ3n) is 2.80. The zero-order valence-corrected chi connectivity index (χ0v) is 12.0. The number of aliphatic imine (C=N–C) groups is 1. The molecule has 0 fully saturated rings. The van der Waals surface area contributed by atoms with Crippen molar-refractivity contribution in [1.82, 2.24) is 20.6 Å². The van der Waals surface area contributed by atoms with Crippen molar-refractivity contribution in [3.8, 4) is 0 Å². The van der Waals surface area contributed by atoms with E-state index in [2.05, 4.69) is 46.4 Å². The highest BCUT2D eigenvalue weighted by Crippen LogP contribution is 2.12. The molecule has 2 rings (SSSR count). The highest BCUT2D eigenvalue weighted by atomic mass is 32.2. The van der Waals surface area contributed by atoms with Crippen molar-refractivity contribution in [3.05, 3.63) is 17.7 Å². The standard InChI is InChI=1S/C12H21N5S/c1-9-10(16-8-15-9)6-18-5-4-13-11-14-7-12(2,3)17-11/h8H,4-7H2,1-3H3,(H,15,16)(H2,13,14,17). The summed E-state index contributed by atoms with van der Waals surface area (Å²) in [6, 6.07) is 0. The number of nitrogens with zero attached hydrogens (tertiary/aromatic N) is 2. The molecule has 0 bridgehead atoms. The van der Waals surface area contributed by atoms with Crippen molar-refractivity contribution in [2.75, 3.05) is 18.8 Å². The SMILES string of the molecule is Cc1[nH]cnc1CSCCNC1=NCC(C)(C)N1. The van der Waals surface area contributed by atoms with Crippen molar-refractivity contribution in [3.63, 3.8) is 0 Å². The van der Waals surface area contributed by atoms with Crippen LogP contribution in [0.15, 0.2) is 11.3 Å². The van der Waals surface area contributed by atoms with E-state index in [0.717, 1.165) is 36.2 Å². The second-order valence-corrected chi connectivity index (χ2v) is 6.23. The summed E-state index contributed by atoms with van der Waals surface area (Å²) in [5, 5.41) is 6.68. The van der Waals surface area contributed by atoms with E-state index < -0.39 is 0 Å². The van der Waals surface area contributed by atoms with E-state index in [1.807, 2.05) is 11.8 Å². The van der Waals surface area contributed by atoms with Gasteiger partial charge in [-0.25, -0.2) is 4.98 Å². The molecule has 0 atom stereocenters. The number of aromatic nitrogens is 2. The van der Waals surface area contributed by atoms with Gasteiger partial charge in [-0.1, -0.05) is 0 Å². The first-order chi connectivity index (χ1) is 8.57. The maximum absolute atomic E-state index is 4.42. The average molecular weight is 267 g/mol. The number of nitrogens with one attached hydrogen (secondary N) is 3. The molecule has 18 heavy (non-hydrogen) atoms. The van der Waals surface area contributed by atoms with Crippen molar-refractivity contribution >= 4 is 17.7 Å². The minimum atomic E-state index is 0.0988. The predicted molar refractivity (Wildman–Crippen MR) is 77.0 cm³/mol. The molecule has 2 heterocycles. The molecule has 3 N–H and O–H groups in total. The summed E-state index contributed by atoms with van der Waals surface area (Å²) in [5.74, 6) is 2.94. The molecule has 0 radical (unpaired) electrons. The number of hydrogen-bond acceptors (Lipinski definition) is 5. The number of hydrogen-bond donors (Lipinski definition) is 3. The van der Waals surface area contributed by atoms with Crippen molar-refractivity contribution in [2.24, 2.45) is 4.99 Å². The summed E-state index contributed by atoms with van der Waals surface area (Å²) in [6.45, 7) is 8.13. The zero-order chi connectivity index (χ0) is 13.0. The Morgan fingerprint density at radius 1 is 1.50 bits per heavy atom. The van der Waals surface area contributed by atoms with Crippen LogP contribution in [0.5, 0.6) is 0 Å². The molecular formula is C12H21N5S. The molecule has 0 spiro atoms. The van der Waals surface area contributed by atoms with Crippen molar-refractivity contribution < 1.29 is 0 Å². The summed E-state index contributed by atoms with van der Waals surface area (Å²) in [6.07, 6.45) is 1.75. The normalized spacial score (nSPS) is 17.4. The van der Waals surface area contributed by atoms with Gasteiger partial charge in [-0.2, -0.15) is 11.8 Å². The molecule has 0 saturated carbocycles. The lowest BCUT2D eigenvalue weighted by Gasteiger charge is -2.18. The molecule has 0 amide bonds. The van der Waals surface area contributed by atoms with Crippen LogP contribution in [0.4, 0.5) is 0 Å². The van der Waals surface area contributed by atoms with Crippen LogP contribution in [-0.4, -0.2) is 40.3 Å². The van der Waals surface area contributed by atoms with Crippen molar-refractivity contribution in [2.45, 2.75) is 32.1 Å². The average Bonchev–Trinajstić information content (AvgIpc) is 2.85. The predicted octanol–water partition coefficient (Wildman–Crippen LogP) is 1.28. The summed E-state index contributed by atoms with van der Waals surface area (Å²) in [7, 11) is 0. The summed E-state index contributed by atoms with van der Waals surface area (Å²) in [4.78, 5) is 11.8. The summed E-state index contributed by atoms with van der Waals surface area (Å²) in [5.41, 5.74) is 2.42. The largest absolute Gasteiger partial charge is 0.356 e.